The van der Waals surface area contributed by atoms with Crippen LogP contribution in [0.1, 0.15) is 85.1 Å². The van der Waals surface area contributed by atoms with Gasteiger partial charge in [-0.15, -0.1) is 0 Å². The molecular weight excluding hydrogens is 471 g/mol. The molecule has 0 spiro atoms. The number of carbonyl (C=O) groups is 1. The van der Waals surface area contributed by atoms with Crippen molar-refractivity contribution in [1.82, 2.24) is 0 Å². The van der Waals surface area contributed by atoms with Gasteiger partial charge in [-0.2, -0.15) is 0 Å². The Bertz CT molecular complexity index is 556. The van der Waals surface area contributed by atoms with Crippen LogP contribution in [0.4, 0.5) is 0 Å². The van der Waals surface area contributed by atoms with Crippen molar-refractivity contribution >= 4 is 35.7 Å². The minimum absolute atomic E-state index is 0.0409. The zero-order valence-corrected chi connectivity index (χ0v) is 22.6. The molecule has 0 N–H and O–H groups in total. The zero-order chi connectivity index (χ0) is 20.8. The van der Waals surface area contributed by atoms with E-state index in [1.165, 1.54) is 61.0 Å². The fourth-order valence-corrected chi connectivity index (χ4v) is 21.5. The third-order valence-corrected chi connectivity index (χ3v) is 23.4. The second-order valence-corrected chi connectivity index (χ2v) is 22.6. The van der Waals surface area contributed by atoms with Crippen molar-refractivity contribution in [1.29, 1.82) is 0 Å². The number of rotatable bonds is 15. The van der Waals surface area contributed by atoms with Gasteiger partial charge in [-0.05, 0) is 0 Å². The zero-order valence-electron chi connectivity index (χ0n) is 18.9. The first-order valence-corrected chi connectivity index (χ1v) is 19.8. The summed E-state index contributed by atoms with van der Waals surface area (Å²) < 4.78 is 11.3. The molecule has 160 valence electrons. The van der Waals surface area contributed by atoms with Gasteiger partial charge in [-0.1, -0.05) is 0 Å². The van der Waals surface area contributed by atoms with E-state index in [9.17, 15) is 4.79 Å². The quantitative estimate of drug-likeness (QED) is 0.135. The normalized spacial score (nSPS) is 12.8. The molecule has 0 unspecified atom stereocenters. The summed E-state index contributed by atoms with van der Waals surface area (Å²) in [7, 11) is 0. The summed E-state index contributed by atoms with van der Waals surface area (Å²) in [5.74, 6) is -0.0409. The molecule has 0 fully saturated rings. The number of unbranched alkanes of at least 4 members (excludes halogenated alkanes) is 3. The van der Waals surface area contributed by atoms with Crippen molar-refractivity contribution in [2.24, 2.45) is 0 Å². The summed E-state index contributed by atoms with van der Waals surface area (Å²) in [5, 5.41) is 4.34. The SMILES string of the molecule is CCC[CH2][Sn]([CH2]CCC)([CH2]CCC)/[C](C)=C(/CCc1ccsc1)C(=O)OCC. The summed E-state index contributed by atoms with van der Waals surface area (Å²) in [5.41, 5.74) is 2.38. The molecule has 0 aliphatic rings. The van der Waals surface area contributed by atoms with Gasteiger partial charge < -0.3 is 0 Å². The third-order valence-electron chi connectivity index (χ3n) is 6.04. The molecule has 1 rings (SSSR count). The standard InChI is InChI=1S/C12H15O2S.3C4H9.Sn/c1-3-11(12(13)14-4-2)6-5-10-7-8-15-9-10;3*1-3-4-2;/h7-9H,4-6H2,1-2H3;3*1,3-4H2,2H3;. The fraction of sp³-hybridized carbons (Fsp3) is 0.708. The molecule has 0 radical (unpaired) electrons. The van der Waals surface area contributed by atoms with Crippen LogP contribution in [0.2, 0.25) is 13.3 Å². The first-order chi connectivity index (χ1) is 13.5. The van der Waals surface area contributed by atoms with Crippen LogP contribution in [0.15, 0.2) is 26.0 Å². The Balaban J connectivity index is 3.28. The fourth-order valence-electron chi connectivity index (χ4n) is 4.17. The van der Waals surface area contributed by atoms with Gasteiger partial charge in [0.25, 0.3) is 0 Å². The number of hydrogen-bond donors (Lipinski definition) is 0. The Morgan fingerprint density at radius 2 is 1.57 bits per heavy atom. The molecule has 0 atom stereocenters. The van der Waals surface area contributed by atoms with Crippen LogP contribution in [0.5, 0.6) is 0 Å². The van der Waals surface area contributed by atoms with Gasteiger partial charge in [-0.3, -0.25) is 0 Å². The van der Waals surface area contributed by atoms with Crippen molar-refractivity contribution in [3.63, 3.8) is 0 Å². The average Bonchev–Trinajstić information content (AvgIpc) is 3.21. The van der Waals surface area contributed by atoms with Crippen LogP contribution in [-0.2, 0) is 16.0 Å². The second-order valence-electron chi connectivity index (χ2n) is 8.05. The maximum absolute atomic E-state index is 13.0. The van der Waals surface area contributed by atoms with E-state index in [4.69, 9.17) is 4.74 Å². The van der Waals surface area contributed by atoms with E-state index >= 15 is 0 Å². The molecule has 0 amide bonds. The van der Waals surface area contributed by atoms with Crippen LogP contribution in [-0.4, -0.2) is 31.0 Å². The number of thiophene rings is 1. The number of carbonyl (C=O) groups excluding carboxylic acids is 1. The summed E-state index contributed by atoms with van der Waals surface area (Å²) in [6, 6.07) is 2.19. The molecule has 4 heteroatoms. The Morgan fingerprint density at radius 3 is 2.00 bits per heavy atom. The van der Waals surface area contributed by atoms with E-state index in [1.807, 2.05) is 6.92 Å². The van der Waals surface area contributed by atoms with E-state index in [0.717, 1.165) is 18.4 Å². The second kappa shape index (κ2) is 14.7. The van der Waals surface area contributed by atoms with Gasteiger partial charge in [-0.25, -0.2) is 0 Å². The molecule has 28 heavy (non-hydrogen) atoms. The summed E-state index contributed by atoms with van der Waals surface area (Å²) >= 11 is -0.846. The van der Waals surface area contributed by atoms with E-state index in [1.54, 1.807) is 11.3 Å². The molecule has 0 saturated carbocycles. The molecule has 0 aromatic carbocycles. The molecule has 0 aliphatic heterocycles. The molecule has 1 aromatic heterocycles. The molecule has 1 aromatic rings. The van der Waals surface area contributed by atoms with Crippen molar-refractivity contribution in [2.45, 2.75) is 99.3 Å². The van der Waals surface area contributed by atoms with Crippen molar-refractivity contribution in [3.05, 3.63) is 31.6 Å². The number of allylic oxidation sites excluding steroid dienone is 1. The number of hydrogen-bond acceptors (Lipinski definition) is 3. The topological polar surface area (TPSA) is 26.3 Å². The Hall–Kier alpha value is -0.291. The van der Waals surface area contributed by atoms with Gasteiger partial charge in [0.15, 0.2) is 0 Å². The van der Waals surface area contributed by atoms with Gasteiger partial charge in [0.05, 0.1) is 0 Å². The van der Waals surface area contributed by atoms with E-state index in [-0.39, 0.29) is 5.97 Å². The molecule has 0 aliphatic carbocycles. The Labute approximate surface area is 182 Å². The molecule has 0 saturated heterocycles. The van der Waals surface area contributed by atoms with Gasteiger partial charge in [0.1, 0.15) is 0 Å². The van der Waals surface area contributed by atoms with Gasteiger partial charge in [0.2, 0.25) is 0 Å². The summed E-state index contributed by atoms with van der Waals surface area (Å²) in [6.07, 6.45) is 9.52. The predicted octanol–water partition coefficient (Wildman–Crippen LogP) is 7.95. The van der Waals surface area contributed by atoms with Crippen LogP contribution < -0.4 is 0 Å². The van der Waals surface area contributed by atoms with Crippen LogP contribution >= 0.6 is 11.3 Å². The molecular formula is C24H42O2SSn. The first-order valence-electron chi connectivity index (χ1n) is 11.4. The summed E-state index contributed by atoms with van der Waals surface area (Å²) in [4.78, 5) is 13.0. The van der Waals surface area contributed by atoms with Crippen LogP contribution in [0.3, 0.4) is 0 Å². The van der Waals surface area contributed by atoms with Crippen LogP contribution in [0, 0.1) is 0 Å². The van der Waals surface area contributed by atoms with E-state index in [2.05, 4.69) is 44.5 Å². The Morgan fingerprint density at radius 1 is 1.00 bits per heavy atom. The number of ether oxygens (including phenoxy) is 1. The number of aryl methyl sites for hydroxylation is 1. The molecule has 0 bridgehead atoms. The van der Waals surface area contributed by atoms with E-state index in [0.29, 0.717) is 6.61 Å². The Kier molecular flexibility index (Phi) is 13.5. The van der Waals surface area contributed by atoms with Crippen molar-refractivity contribution < 1.29 is 9.53 Å². The van der Waals surface area contributed by atoms with Crippen molar-refractivity contribution in [3.8, 4) is 0 Å². The predicted molar refractivity (Wildman–Crippen MR) is 127 cm³/mol. The van der Waals surface area contributed by atoms with Gasteiger partial charge >= 0.3 is 183 Å². The molecule has 2 nitrogen and oxygen atoms in total. The van der Waals surface area contributed by atoms with Gasteiger partial charge in [0, 0.05) is 0 Å². The van der Waals surface area contributed by atoms with E-state index < -0.39 is 18.4 Å². The minimum atomic E-state index is -2.58. The first kappa shape index (κ1) is 25.7. The molecule has 1 heterocycles. The number of esters is 1. The monoisotopic (exact) mass is 514 g/mol. The van der Waals surface area contributed by atoms with Crippen LogP contribution in [0.25, 0.3) is 0 Å². The maximum atomic E-state index is 13.0. The summed E-state index contributed by atoms with van der Waals surface area (Å²) in [6.45, 7) is 11.6. The average molecular weight is 513 g/mol. The van der Waals surface area contributed by atoms with Crippen molar-refractivity contribution in [2.75, 3.05) is 6.61 Å². The third kappa shape index (κ3) is 8.22.